The van der Waals surface area contributed by atoms with E-state index in [4.69, 9.17) is 10.00 Å². The van der Waals surface area contributed by atoms with Gasteiger partial charge in [0.05, 0.1) is 23.8 Å². The zero-order valence-corrected chi connectivity index (χ0v) is 10.1. The van der Waals surface area contributed by atoms with E-state index >= 15 is 0 Å². The first kappa shape index (κ1) is 11.4. The third kappa shape index (κ3) is 2.04. The van der Waals surface area contributed by atoms with Crippen LogP contribution in [0.1, 0.15) is 41.6 Å². The molecule has 0 aromatic heterocycles. The first-order valence-electron chi connectivity index (χ1n) is 6.46. The number of ether oxygens (including phenoxy) is 1. The number of carbonyl (C=O) groups excluding carboxylic acids is 1. The lowest BCUT2D eigenvalue weighted by Crippen LogP contribution is -2.30. The van der Waals surface area contributed by atoms with Crippen molar-refractivity contribution in [1.29, 1.82) is 5.26 Å². The fourth-order valence-electron chi connectivity index (χ4n) is 3.02. The van der Waals surface area contributed by atoms with Crippen molar-refractivity contribution in [2.75, 3.05) is 0 Å². The van der Waals surface area contributed by atoms with Gasteiger partial charge in [-0.1, -0.05) is 12.1 Å². The van der Waals surface area contributed by atoms with Crippen LogP contribution in [0.4, 0.5) is 0 Å². The summed E-state index contributed by atoms with van der Waals surface area (Å²) in [6.45, 7) is 0. The first-order chi connectivity index (χ1) is 8.76. The number of nitrogens with zero attached hydrogens (tertiary/aromatic N) is 1. The maximum atomic E-state index is 12.4. The summed E-state index contributed by atoms with van der Waals surface area (Å²) < 4.78 is 5.75. The van der Waals surface area contributed by atoms with Gasteiger partial charge in [0.25, 0.3) is 0 Å². The average molecular weight is 241 g/mol. The molecule has 0 aliphatic carbocycles. The topological polar surface area (TPSA) is 50.1 Å². The van der Waals surface area contributed by atoms with Crippen LogP contribution in [0.25, 0.3) is 0 Å². The molecule has 3 heteroatoms. The number of rotatable bonds is 2. The van der Waals surface area contributed by atoms with Crippen LogP contribution in [-0.4, -0.2) is 18.0 Å². The average Bonchev–Trinajstić information content (AvgIpc) is 2.77. The molecule has 18 heavy (non-hydrogen) atoms. The number of hydrogen-bond acceptors (Lipinski definition) is 3. The van der Waals surface area contributed by atoms with Crippen LogP contribution in [-0.2, 0) is 4.74 Å². The molecule has 92 valence electrons. The summed E-state index contributed by atoms with van der Waals surface area (Å²) >= 11 is 0. The van der Waals surface area contributed by atoms with Crippen molar-refractivity contribution in [2.24, 2.45) is 5.92 Å². The van der Waals surface area contributed by atoms with E-state index in [-0.39, 0.29) is 23.9 Å². The lowest BCUT2D eigenvalue weighted by Gasteiger charge is -2.27. The second-order valence-electron chi connectivity index (χ2n) is 5.18. The normalized spacial score (nSPS) is 29.8. The van der Waals surface area contributed by atoms with Crippen LogP contribution in [0.5, 0.6) is 0 Å². The molecule has 3 nitrogen and oxygen atoms in total. The number of ketones is 1. The number of nitriles is 1. The molecule has 2 aliphatic heterocycles. The van der Waals surface area contributed by atoms with E-state index in [0.717, 1.165) is 31.2 Å². The highest BCUT2D eigenvalue weighted by Crippen LogP contribution is 2.37. The van der Waals surface area contributed by atoms with Crippen molar-refractivity contribution in [3.8, 4) is 6.07 Å². The number of hydrogen-bond donors (Lipinski definition) is 0. The predicted molar refractivity (Wildman–Crippen MR) is 66.1 cm³/mol. The Hall–Kier alpha value is -1.66. The molecule has 0 saturated carbocycles. The van der Waals surface area contributed by atoms with Gasteiger partial charge in [-0.2, -0.15) is 5.26 Å². The molecule has 2 saturated heterocycles. The summed E-state index contributed by atoms with van der Waals surface area (Å²) in [5.41, 5.74) is 1.32. The third-order valence-corrected chi connectivity index (χ3v) is 3.96. The largest absolute Gasteiger partial charge is 0.375 e. The second kappa shape index (κ2) is 4.55. The summed E-state index contributed by atoms with van der Waals surface area (Å²) in [4.78, 5) is 12.4. The van der Waals surface area contributed by atoms with Crippen LogP contribution >= 0.6 is 0 Å². The Balaban J connectivity index is 1.76. The van der Waals surface area contributed by atoms with Gasteiger partial charge in [-0.3, -0.25) is 4.79 Å². The Kier molecular flexibility index (Phi) is 2.89. The van der Waals surface area contributed by atoms with E-state index in [1.54, 1.807) is 24.3 Å². The number of fused-ring (bicyclic) bond motifs is 2. The monoisotopic (exact) mass is 241 g/mol. The Labute approximate surface area is 106 Å². The van der Waals surface area contributed by atoms with E-state index in [2.05, 4.69) is 6.07 Å². The molecule has 0 N–H and O–H groups in total. The molecule has 2 fully saturated rings. The smallest absolute Gasteiger partial charge is 0.166 e. The highest BCUT2D eigenvalue weighted by molar-refractivity contribution is 5.98. The van der Waals surface area contributed by atoms with Crippen molar-refractivity contribution in [1.82, 2.24) is 0 Å². The lowest BCUT2D eigenvalue weighted by atomic mass is 9.88. The highest BCUT2D eigenvalue weighted by Gasteiger charge is 2.38. The van der Waals surface area contributed by atoms with Gasteiger partial charge in [0.15, 0.2) is 5.78 Å². The fourth-order valence-corrected chi connectivity index (χ4v) is 3.02. The zero-order valence-electron chi connectivity index (χ0n) is 10.1. The van der Waals surface area contributed by atoms with E-state index < -0.39 is 0 Å². The summed E-state index contributed by atoms with van der Waals surface area (Å²) in [7, 11) is 0. The minimum absolute atomic E-state index is 0.101. The summed E-state index contributed by atoms with van der Waals surface area (Å²) in [5, 5.41) is 8.74. The minimum atomic E-state index is 0.101. The first-order valence-corrected chi connectivity index (χ1v) is 6.46. The predicted octanol–water partition coefficient (Wildman–Crippen LogP) is 2.70. The van der Waals surface area contributed by atoms with E-state index in [1.165, 1.54) is 0 Å². The molecule has 2 atom stereocenters. The Bertz CT molecular complexity index is 488. The van der Waals surface area contributed by atoms with Gasteiger partial charge >= 0.3 is 0 Å². The molecule has 2 unspecified atom stereocenters. The van der Waals surface area contributed by atoms with Gasteiger partial charge in [0.2, 0.25) is 0 Å². The van der Waals surface area contributed by atoms with E-state index in [9.17, 15) is 4.79 Å². The fraction of sp³-hybridized carbons (Fsp3) is 0.467. The minimum Gasteiger partial charge on any atom is -0.375 e. The SMILES string of the molecule is N#Cc1ccc(C(=O)C2CC3CCC(C2)O3)cc1. The van der Waals surface area contributed by atoms with Crippen LogP contribution < -0.4 is 0 Å². The molecule has 0 radical (unpaired) electrons. The number of carbonyl (C=O) groups is 1. The third-order valence-electron chi connectivity index (χ3n) is 3.96. The van der Waals surface area contributed by atoms with Crippen molar-refractivity contribution < 1.29 is 9.53 Å². The number of Topliss-reactive ketones (excluding diaryl/α,β-unsaturated/α-hetero) is 1. The standard InChI is InChI=1S/C15H15NO2/c16-9-10-1-3-11(4-2-10)15(17)12-7-13-5-6-14(8-12)18-13/h1-4,12-14H,5-8H2. The molecule has 2 bridgehead atoms. The molecule has 2 aliphatic rings. The molecular weight excluding hydrogens is 226 g/mol. The van der Waals surface area contributed by atoms with Crippen LogP contribution in [0.2, 0.25) is 0 Å². The quantitative estimate of drug-likeness (QED) is 0.748. The van der Waals surface area contributed by atoms with Crippen LogP contribution in [0, 0.1) is 17.2 Å². The van der Waals surface area contributed by atoms with E-state index in [1.807, 2.05) is 0 Å². The molecular formula is C15H15NO2. The van der Waals surface area contributed by atoms with E-state index in [0.29, 0.717) is 5.56 Å². The number of benzene rings is 1. The van der Waals surface area contributed by atoms with Crippen molar-refractivity contribution in [2.45, 2.75) is 37.9 Å². The summed E-state index contributed by atoms with van der Waals surface area (Å²) in [6.07, 6.45) is 4.49. The summed E-state index contributed by atoms with van der Waals surface area (Å²) in [6, 6.07) is 9.01. The second-order valence-corrected chi connectivity index (χ2v) is 5.18. The van der Waals surface area contributed by atoms with Gasteiger partial charge in [-0.15, -0.1) is 0 Å². The molecule has 1 aromatic rings. The Morgan fingerprint density at radius 3 is 2.33 bits per heavy atom. The van der Waals surface area contributed by atoms with Crippen molar-refractivity contribution in [3.05, 3.63) is 35.4 Å². The molecule has 3 rings (SSSR count). The van der Waals surface area contributed by atoms with Gasteiger partial charge < -0.3 is 4.74 Å². The Morgan fingerprint density at radius 1 is 1.17 bits per heavy atom. The molecule has 1 aromatic carbocycles. The zero-order chi connectivity index (χ0) is 12.5. The molecule has 0 spiro atoms. The van der Waals surface area contributed by atoms with Crippen molar-refractivity contribution >= 4 is 5.78 Å². The molecule has 0 amide bonds. The highest BCUT2D eigenvalue weighted by atomic mass is 16.5. The summed E-state index contributed by atoms with van der Waals surface area (Å²) in [5.74, 6) is 0.309. The Morgan fingerprint density at radius 2 is 1.78 bits per heavy atom. The van der Waals surface area contributed by atoms with Gasteiger partial charge in [-0.05, 0) is 37.8 Å². The van der Waals surface area contributed by atoms with Gasteiger partial charge in [0, 0.05) is 11.5 Å². The molecule has 2 heterocycles. The van der Waals surface area contributed by atoms with Crippen molar-refractivity contribution in [3.63, 3.8) is 0 Å². The van der Waals surface area contributed by atoms with Crippen LogP contribution in [0.3, 0.4) is 0 Å². The maximum Gasteiger partial charge on any atom is 0.166 e. The van der Waals surface area contributed by atoms with Gasteiger partial charge in [-0.25, -0.2) is 0 Å². The maximum absolute atomic E-state index is 12.4. The van der Waals surface area contributed by atoms with Gasteiger partial charge in [0.1, 0.15) is 0 Å². The van der Waals surface area contributed by atoms with Crippen LogP contribution in [0.15, 0.2) is 24.3 Å². The lowest BCUT2D eigenvalue weighted by molar-refractivity contribution is -0.0149.